The van der Waals surface area contributed by atoms with Gasteiger partial charge in [0.05, 0.1) is 23.6 Å². The number of ether oxygens (including phenoxy) is 1. The summed E-state index contributed by atoms with van der Waals surface area (Å²) in [5, 5.41) is 9.58. The van der Waals surface area contributed by atoms with Crippen molar-refractivity contribution in [2.75, 3.05) is 31.7 Å². The highest BCUT2D eigenvalue weighted by Gasteiger charge is 2.28. The van der Waals surface area contributed by atoms with Crippen LogP contribution in [0, 0.1) is 6.92 Å². The van der Waals surface area contributed by atoms with Gasteiger partial charge in [0.15, 0.2) is 11.5 Å². The first-order chi connectivity index (χ1) is 12.7. The second kappa shape index (κ2) is 6.99. The predicted molar refractivity (Wildman–Crippen MR) is 95.1 cm³/mol. The van der Waals surface area contributed by atoms with E-state index in [-0.39, 0.29) is 5.92 Å². The molecule has 0 spiro atoms. The van der Waals surface area contributed by atoms with Crippen molar-refractivity contribution in [1.82, 2.24) is 29.9 Å². The molecule has 4 rings (SSSR count). The molecule has 138 valence electrons. The lowest BCUT2D eigenvalue weighted by molar-refractivity contribution is 0.199. The van der Waals surface area contributed by atoms with Crippen molar-refractivity contribution in [2.45, 2.75) is 32.1 Å². The Balaban J connectivity index is 1.58. The topological polar surface area (TPSA) is 95.0 Å². The molecular formula is C17H23N7O2. The van der Waals surface area contributed by atoms with Crippen LogP contribution in [0.4, 0.5) is 5.82 Å². The highest BCUT2D eigenvalue weighted by atomic mass is 16.5. The van der Waals surface area contributed by atoms with E-state index in [9.17, 15) is 0 Å². The Hall–Kier alpha value is -2.55. The number of aromatic nitrogens is 6. The highest BCUT2D eigenvalue weighted by Crippen LogP contribution is 2.32. The van der Waals surface area contributed by atoms with E-state index in [4.69, 9.17) is 9.26 Å². The van der Waals surface area contributed by atoms with Crippen LogP contribution in [0.3, 0.4) is 0 Å². The Labute approximate surface area is 151 Å². The molecule has 3 aromatic heterocycles. The normalized spacial score (nSPS) is 18.0. The van der Waals surface area contributed by atoms with Crippen LogP contribution in [0.5, 0.6) is 0 Å². The number of fused-ring (bicyclic) bond motifs is 1. The van der Waals surface area contributed by atoms with Crippen molar-refractivity contribution in [1.29, 1.82) is 0 Å². The molecular weight excluding hydrogens is 334 g/mol. The lowest BCUT2D eigenvalue weighted by Crippen LogP contribution is -2.35. The molecule has 9 heteroatoms. The molecule has 4 heterocycles. The fraction of sp³-hybridized carbons (Fsp3) is 0.588. The first kappa shape index (κ1) is 16.9. The Kier molecular flexibility index (Phi) is 4.54. The van der Waals surface area contributed by atoms with E-state index in [0.29, 0.717) is 24.7 Å². The maximum atomic E-state index is 5.51. The van der Waals surface area contributed by atoms with Crippen LogP contribution in [0.2, 0.25) is 0 Å². The molecule has 26 heavy (non-hydrogen) atoms. The molecule has 0 radical (unpaired) electrons. The van der Waals surface area contributed by atoms with E-state index in [1.807, 2.05) is 14.0 Å². The number of anilines is 1. The lowest BCUT2D eigenvalue weighted by atomic mass is 9.97. The Bertz CT molecular complexity index is 904. The number of nitrogens with zero attached hydrogens (tertiary/aromatic N) is 7. The quantitative estimate of drug-likeness (QED) is 0.680. The smallest absolute Gasteiger partial charge is 0.231 e. The predicted octanol–water partition coefficient (Wildman–Crippen LogP) is 1.63. The van der Waals surface area contributed by atoms with Gasteiger partial charge in [0.25, 0.3) is 0 Å². The number of rotatable bonds is 5. The van der Waals surface area contributed by atoms with Crippen molar-refractivity contribution in [3.05, 3.63) is 23.7 Å². The van der Waals surface area contributed by atoms with Gasteiger partial charge in [-0.25, -0.2) is 9.97 Å². The summed E-state index contributed by atoms with van der Waals surface area (Å²) < 4.78 is 12.4. The van der Waals surface area contributed by atoms with Crippen LogP contribution in [-0.2, 0) is 18.2 Å². The molecule has 1 aliphatic rings. The standard InChI is InChI=1S/C17H23N7O2/c1-11-14-15(23(2)21-11)18-10-19-16(14)24-7-4-5-12(9-24)17-20-13(22-26-17)6-8-25-3/h10,12H,4-9H2,1-3H3/t12-/m0/s1. The van der Waals surface area contributed by atoms with Gasteiger partial charge in [-0.05, 0) is 19.8 Å². The molecule has 0 unspecified atom stereocenters. The number of aryl methyl sites for hydroxylation is 2. The van der Waals surface area contributed by atoms with Gasteiger partial charge in [0.2, 0.25) is 5.89 Å². The summed E-state index contributed by atoms with van der Waals surface area (Å²) in [6.45, 7) is 4.33. The van der Waals surface area contributed by atoms with Crippen LogP contribution < -0.4 is 4.90 Å². The van der Waals surface area contributed by atoms with E-state index in [0.717, 1.165) is 48.5 Å². The highest BCUT2D eigenvalue weighted by molar-refractivity contribution is 5.89. The summed E-state index contributed by atoms with van der Waals surface area (Å²) in [7, 11) is 3.58. The Morgan fingerprint density at radius 1 is 1.35 bits per heavy atom. The number of hydrogen-bond acceptors (Lipinski definition) is 8. The van der Waals surface area contributed by atoms with Crippen molar-refractivity contribution >= 4 is 16.9 Å². The molecule has 9 nitrogen and oxygen atoms in total. The molecule has 0 aliphatic carbocycles. The van der Waals surface area contributed by atoms with Crippen molar-refractivity contribution in [3.63, 3.8) is 0 Å². The van der Waals surface area contributed by atoms with Gasteiger partial charge < -0.3 is 14.2 Å². The molecule has 0 N–H and O–H groups in total. The maximum absolute atomic E-state index is 5.51. The zero-order valence-corrected chi connectivity index (χ0v) is 15.3. The van der Waals surface area contributed by atoms with Crippen LogP contribution in [-0.4, -0.2) is 56.7 Å². The third kappa shape index (κ3) is 3.03. The first-order valence-corrected chi connectivity index (χ1v) is 8.88. The van der Waals surface area contributed by atoms with Gasteiger partial charge in [-0.2, -0.15) is 10.1 Å². The molecule has 0 aromatic carbocycles. The summed E-state index contributed by atoms with van der Waals surface area (Å²) in [5.41, 5.74) is 1.80. The summed E-state index contributed by atoms with van der Waals surface area (Å²) in [4.78, 5) is 15.8. The van der Waals surface area contributed by atoms with Crippen LogP contribution in [0.25, 0.3) is 11.0 Å². The molecule has 0 amide bonds. The second-order valence-electron chi connectivity index (χ2n) is 6.68. The SMILES string of the molecule is COCCc1noc([C@H]2CCCN(c3ncnc4c3c(C)nn4C)C2)n1. The van der Waals surface area contributed by atoms with Crippen molar-refractivity contribution in [2.24, 2.45) is 7.05 Å². The number of methoxy groups -OCH3 is 1. The van der Waals surface area contributed by atoms with Gasteiger partial charge >= 0.3 is 0 Å². The van der Waals surface area contributed by atoms with Gasteiger partial charge in [-0.15, -0.1) is 0 Å². The van der Waals surface area contributed by atoms with Crippen molar-refractivity contribution < 1.29 is 9.26 Å². The van der Waals surface area contributed by atoms with Gasteiger partial charge in [0.1, 0.15) is 12.1 Å². The molecule has 1 aliphatic heterocycles. The molecule has 0 saturated carbocycles. The lowest BCUT2D eigenvalue weighted by Gasteiger charge is -2.32. The molecule has 1 fully saturated rings. The molecule has 3 aromatic rings. The van der Waals surface area contributed by atoms with E-state index < -0.39 is 0 Å². The average Bonchev–Trinajstić information content (AvgIpc) is 3.25. The van der Waals surface area contributed by atoms with Gasteiger partial charge in [-0.3, -0.25) is 4.68 Å². The summed E-state index contributed by atoms with van der Waals surface area (Å²) in [6.07, 6.45) is 4.35. The first-order valence-electron chi connectivity index (χ1n) is 8.88. The molecule has 1 atom stereocenters. The van der Waals surface area contributed by atoms with Crippen LogP contribution in [0.15, 0.2) is 10.9 Å². The minimum Gasteiger partial charge on any atom is -0.384 e. The fourth-order valence-electron chi connectivity index (χ4n) is 3.60. The van der Waals surface area contributed by atoms with Gasteiger partial charge in [-0.1, -0.05) is 5.16 Å². The fourth-order valence-corrected chi connectivity index (χ4v) is 3.60. The van der Waals surface area contributed by atoms with Gasteiger partial charge in [0, 0.05) is 33.7 Å². The Morgan fingerprint density at radius 3 is 3.08 bits per heavy atom. The second-order valence-corrected chi connectivity index (χ2v) is 6.68. The van der Waals surface area contributed by atoms with Crippen LogP contribution >= 0.6 is 0 Å². The Morgan fingerprint density at radius 2 is 2.23 bits per heavy atom. The molecule has 1 saturated heterocycles. The molecule has 0 bridgehead atoms. The zero-order chi connectivity index (χ0) is 18.1. The number of piperidine rings is 1. The monoisotopic (exact) mass is 357 g/mol. The number of hydrogen-bond donors (Lipinski definition) is 0. The summed E-state index contributed by atoms with van der Waals surface area (Å²) >= 11 is 0. The van der Waals surface area contributed by atoms with E-state index in [1.165, 1.54) is 0 Å². The average molecular weight is 357 g/mol. The summed E-state index contributed by atoms with van der Waals surface area (Å²) in [6, 6.07) is 0. The zero-order valence-electron chi connectivity index (χ0n) is 15.3. The van der Waals surface area contributed by atoms with E-state index in [1.54, 1.807) is 18.1 Å². The van der Waals surface area contributed by atoms with Crippen molar-refractivity contribution in [3.8, 4) is 0 Å². The third-order valence-electron chi connectivity index (χ3n) is 4.86. The van der Waals surface area contributed by atoms with E-state index >= 15 is 0 Å². The summed E-state index contributed by atoms with van der Waals surface area (Å²) in [5.74, 6) is 2.54. The minimum atomic E-state index is 0.203. The largest absolute Gasteiger partial charge is 0.384 e. The van der Waals surface area contributed by atoms with Crippen LogP contribution in [0.1, 0.15) is 36.2 Å². The van der Waals surface area contributed by atoms with E-state index in [2.05, 4.69) is 30.1 Å². The maximum Gasteiger partial charge on any atom is 0.231 e. The third-order valence-corrected chi connectivity index (χ3v) is 4.86. The minimum absolute atomic E-state index is 0.203.